The largest absolute Gasteiger partial charge is 0.497 e. The van der Waals surface area contributed by atoms with Gasteiger partial charge in [0.15, 0.2) is 0 Å². The zero-order chi connectivity index (χ0) is 31.9. The highest BCUT2D eigenvalue weighted by Crippen LogP contribution is 2.52. The number of hydrogen-bond donors (Lipinski definition) is 0. The molecular weight excluding hydrogens is 577 g/mol. The van der Waals surface area contributed by atoms with E-state index >= 15 is 0 Å². The minimum Gasteiger partial charge on any atom is -0.497 e. The Hall–Kier alpha value is -3.30. The van der Waals surface area contributed by atoms with Gasteiger partial charge in [-0.15, -0.1) is 0 Å². The Morgan fingerprint density at radius 1 is 1.04 bits per heavy atom. The maximum Gasteiger partial charge on any atom is 0.306 e. The average Bonchev–Trinajstić information content (AvgIpc) is 3.72. The fourth-order valence-electron chi connectivity index (χ4n) is 8.33. The van der Waals surface area contributed by atoms with E-state index in [9.17, 15) is 18.8 Å². The molecule has 244 valence electrons. The highest BCUT2D eigenvalue weighted by molar-refractivity contribution is 5.87. The zero-order valence-electron chi connectivity index (χ0n) is 26.9. The Morgan fingerprint density at radius 3 is 2.58 bits per heavy atom. The molecule has 6 rings (SSSR count). The van der Waals surface area contributed by atoms with E-state index in [0.29, 0.717) is 58.8 Å². The molecule has 1 aromatic carbocycles. The number of amides is 1. The number of rotatable bonds is 3. The standard InChI is InChI=1S/C35H46FN3O6/c1-35(2,3)25-16-31(41)45-32-21-11-10-20(14-21)23(32)8-6-5-7-9-27-33(38-28-15-22(43-4)12-13-26(28)37-27)44-30-18-39(34(25)42)29(19-40)24(30)17-36/h12-13,15,19-21,23-25,29-30,32H,5-11,14,16-18H2,1-4H3/t20-,21+,23-,24+,25-,29-,30+,32-/m1/s1. The van der Waals surface area contributed by atoms with Crippen LogP contribution in [0.4, 0.5) is 4.39 Å². The SMILES string of the molecule is COc1ccc2nc3c(nc2c1)O[C@H]1CN(C(=O)[C@H](C(C)(C)C)CC(=O)O[C@@H]2[C@H]4CC[C@H](C4)[C@H]2CCCCC3)[C@H](C=O)[C@@H]1CF. The summed E-state index contributed by atoms with van der Waals surface area (Å²) in [4.78, 5) is 51.2. The van der Waals surface area contributed by atoms with Crippen LogP contribution < -0.4 is 9.47 Å². The second-order valence-corrected chi connectivity index (χ2v) is 14.6. The van der Waals surface area contributed by atoms with E-state index < -0.39 is 36.1 Å². The van der Waals surface area contributed by atoms with Gasteiger partial charge in [0.2, 0.25) is 11.8 Å². The number of esters is 1. The van der Waals surface area contributed by atoms with Crippen molar-refractivity contribution >= 4 is 29.2 Å². The van der Waals surface area contributed by atoms with Crippen molar-refractivity contribution in [1.82, 2.24) is 14.9 Å². The molecule has 2 aliphatic heterocycles. The van der Waals surface area contributed by atoms with Crippen LogP contribution in [0.2, 0.25) is 0 Å². The molecule has 1 aromatic heterocycles. The van der Waals surface area contributed by atoms with Crippen LogP contribution in [0, 0.1) is 35.0 Å². The lowest BCUT2D eigenvalue weighted by atomic mass is 9.77. The van der Waals surface area contributed by atoms with E-state index in [0.717, 1.165) is 38.5 Å². The predicted molar refractivity (Wildman–Crippen MR) is 165 cm³/mol. The van der Waals surface area contributed by atoms with Crippen molar-refractivity contribution < 1.29 is 33.0 Å². The molecule has 8 atom stereocenters. The second kappa shape index (κ2) is 12.8. The molecule has 3 heterocycles. The molecule has 4 bridgehead atoms. The summed E-state index contributed by atoms with van der Waals surface area (Å²) in [5.74, 6) is -0.128. The normalized spacial score (nSPS) is 32.7. The van der Waals surface area contributed by atoms with Crippen molar-refractivity contribution in [1.29, 1.82) is 0 Å². The molecule has 3 fully saturated rings. The maximum atomic E-state index is 14.7. The number of fused-ring (bicyclic) bond motifs is 9. The minimum absolute atomic E-state index is 0.00414. The number of aryl methyl sites for hydroxylation is 1. The lowest BCUT2D eigenvalue weighted by Gasteiger charge is -2.35. The number of halogens is 1. The molecule has 0 N–H and O–H groups in total. The van der Waals surface area contributed by atoms with E-state index in [2.05, 4.69) is 0 Å². The highest BCUT2D eigenvalue weighted by Gasteiger charge is 2.51. The predicted octanol–water partition coefficient (Wildman–Crippen LogP) is 5.51. The Morgan fingerprint density at radius 2 is 1.84 bits per heavy atom. The quantitative estimate of drug-likeness (QED) is 0.326. The number of carbonyl (C=O) groups is 3. The molecule has 1 amide bonds. The van der Waals surface area contributed by atoms with Crippen LogP contribution in [0.15, 0.2) is 18.2 Å². The number of hydrogen-bond acceptors (Lipinski definition) is 8. The smallest absolute Gasteiger partial charge is 0.306 e. The zero-order valence-corrected chi connectivity index (χ0v) is 26.9. The Labute approximate surface area is 264 Å². The maximum absolute atomic E-state index is 14.7. The number of benzene rings is 1. The van der Waals surface area contributed by atoms with E-state index in [1.165, 1.54) is 11.3 Å². The van der Waals surface area contributed by atoms with E-state index in [-0.39, 0.29) is 30.9 Å². The third-order valence-corrected chi connectivity index (χ3v) is 10.9. The van der Waals surface area contributed by atoms with E-state index in [1.807, 2.05) is 32.9 Å². The number of carbonyl (C=O) groups excluding carboxylic acids is 3. The number of aromatic nitrogens is 2. The first-order valence-electron chi connectivity index (χ1n) is 16.6. The van der Waals surface area contributed by atoms with Gasteiger partial charge in [0.05, 0.1) is 55.7 Å². The van der Waals surface area contributed by atoms with Crippen LogP contribution in [0.3, 0.4) is 0 Å². The van der Waals surface area contributed by atoms with Gasteiger partial charge in [-0.25, -0.2) is 9.97 Å². The number of alkyl halides is 1. The van der Waals surface area contributed by atoms with Gasteiger partial charge >= 0.3 is 5.97 Å². The summed E-state index contributed by atoms with van der Waals surface area (Å²) in [7, 11) is 1.58. The molecule has 45 heavy (non-hydrogen) atoms. The van der Waals surface area contributed by atoms with Crippen LogP contribution in [0.1, 0.15) is 77.8 Å². The molecule has 10 heteroatoms. The topological polar surface area (TPSA) is 108 Å². The van der Waals surface area contributed by atoms with E-state index in [4.69, 9.17) is 24.2 Å². The fourth-order valence-corrected chi connectivity index (χ4v) is 8.33. The number of nitrogens with zero attached hydrogens (tertiary/aromatic N) is 3. The van der Waals surface area contributed by atoms with Gasteiger partial charge in [-0.1, -0.05) is 33.6 Å². The summed E-state index contributed by atoms with van der Waals surface area (Å²) >= 11 is 0. The van der Waals surface area contributed by atoms with Crippen LogP contribution in [-0.4, -0.2) is 71.6 Å². The van der Waals surface area contributed by atoms with Crippen molar-refractivity contribution in [2.24, 2.45) is 35.0 Å². The molecule has 0 spiro atoms. The number of ether oxygens (including phenoxy) is 3. The van der Waals surface area contributed by atoms with Crippen LogP contribution in [0.25, 0.3) is 11.0 Å². The van der Waals surface area contributed by atoms with Gasteiger partial charge in [0, 0.05) is 6.07 Å². The van der Waals surface area contributed by atoms with Crippen LogP contribution >= 0.6 is 0 Å². The summed E-state index contributed by atoms with van der Waals surface area (Å²) in [6.45, 7) is 4.88. The van der Waals surface area contributed by atoms with E-state index in [1.54, 1.807) is 13.2 Å². The molecule has 4 aliphatic rings. The highest BCUT2D eigenvalue weighted by atomic mass is 19.1. The number of aldehydes is 1. The lowest BCUT2D eigenvalue weighted by Crippen LogP contribution is -2.47. The molecule has 2 saturated carbocycles. The Bertz CT molecular complexity index is 1430. The Kier molecular flexibility index (Phi) is 9.03. The molecular formula is C35H46FN3O6. The number of methoxy groups -OCH3 is 1. The van der Waals surface area contributed by atoms with Crippen molar-refractivity contribution in [2.75, 3.05) is 20.3 Å². The second-order valence-electron chi connectivity index (χ2n) is 14.6. The minimum atomic E-state index is -1.03. The summed E-state index contributed by atoms with van der Waals surface area (Å²) in [6.07, 6.45) is 7.48. The first-order valence-corrected chi connectivity index (χ1v) is 16.6. The van der Waals surface area contributed by atoms with Crippen molar-refractivity contribution in [2.45, 2.75) is 96.8 Å². The third kappa shape index (κ3) is 6.26. The molecule has 0 radical (unpaired) electrons. The van der Waals surface area contributed by atoms with Crippen LogP contribution in [-0.2, 0) is 25.5 Å². The first kappa shape index (κ1) is 31.7. The van der Waals surface area contributed by atoms with Crippen LogP contribution in [0.5, 0.6) is 11.6 Å². The summed E-state index contributed by atoms with van der Waals surface area (Å²) < 4.78 is 32.7. The van der Waals surface area contributed by atoms with Gasteiger partial charge in [0.1, 0.15) is 29.9 Å². The third-order valence-electron chi connectivity index (χ3n) is 10.9. The van der Waals surface area contributed by atoms with Gasteiger partial charge in [0.25, 0.3) is 0 Å². The van der Waals surface area contributed by atoms with Gasteiger partial charge in [-0.3, -0.25) is 14.0 Å². The molecule has 1 saturated heterocycles. The Balaban J connectivity index is 1.37. The van der Waals surface area contributed by atoms with Gasteiger partial charge in [-0.05, 0) is 73.8 Å². The molecule has 2 aliphatic carbocycles. The molecule has 0 unspecified atom stereocenters. The molecule has 9 nitrogen and oxygen atoms in total. The van der Waals surface area contributed by atoms with Crippen molar-refractivity contribution in [3.63, 3.8) is 0 Å². The average molecular weight is 624 g/mol. The van der Waals surface area contributed by atoms with Crippen molar-refractivity contribution in [3.05, 3.63) is 23.9 Å². The first-order chi connectivity index (χ1) is 21.6. The summed E-state index contributed by atoms with van der Waals surface area (Å²) in [6, 6.07) is 4.45. The summed E-state index contributed by atoms with van der Waals surface area (Å²) in [5.41, 5.74) is 1.37. The molecule has 2 aromatic rings. The van der Waals surface area contributed by atoms with Gasteiger partial charge in [-0.2, -0.15) is 0 Å². The van der Waals surface area contributed by atoms with Crippen molar-refractivity contribution in [3.8, 4) is 11.6 Å². The monoisotopic (exact) mass is 623 g/mol. The van der Waals surface area contributed by atoms with Gasteiger partial charge < -0.3 is 23.9 Å². The fraction of sp³-hybridized carbons (Fsp3) is 0.686. The lowest BCUT2D eigenvalue weighted by molar-refractivity contribution is -0.160. The summed E-state index contributed by atoms with van der Waals surface area (Å²) in [5, 5.41) is 0.